The van der Waals surface area contributed by atoms with Gasteiger partial charge in [-0.1, -0.05) is 12.1 Å². The Bertz CT molecular complexity index is 927. The van der Waals surface area contributed by atoms with Crippen molar-refractivity contribution in [2.45, 2.75) is 6.92 Å². The van der Waals surface area contributed by atoms with Crippen LogP contribution in [-0.4, -0.2) is 55.2 Å². The van der Waals surface area contributed by atoms with E-state index in [1.807, 2.05) is 38.1 Å². The maximum absolute atomic E-state index is 14.1. The van der Waals surface area contributed by atoms with Crippen LogP contribution in [0, 0.1) is 12.7 Å². The van der Waals surface area contributed by atoms with E-state index in [0.717, 1.165) is 48.7 Å². The molecule has 2 aromatic heterocycles. The first kappa shape index (κ1) is 16.6. The van der Waals surface area contributed by atoms with Crippen molar-refractivity contribution in [2.24, 2.45) is 0 Å². The van der Waals surface area contributed by atoms with Gasteiger partial charge in [0.15, 0.2) is 0 Å². The molecule has 0 bridgehead atoms. The second kappa shape index (κ2) is 6.48. The fourth-order valence-electron chi connectivity index (χ4n) is 3.42. The van der Waals surface area contributed by atoms with Gasteiger partial charge in [-0.05, 0) is 25.1 Å². The minimum absolute atomic E-state index is 0.165. The lowest BCUT2D eigenvalue weighted by Gasteiger charge is -2.37. The van der Waals surface area contributed by atoms with Gasteiger partial charge in [-0.25, -0.2) is 4.39 Å². The molecule has 1 aromatic carbocycles. The van der Waals surface area contributed by atoms with Crippen molar-refractivity contribution in [2.75, 3.05) is 55.0 Å². The Morgan fingerprint density at radius 1 is 1.04 bits per heavy atom. The molecule has 0 atom stereocenters. The van der Waals surface area contributed by atoms with Crippen molar-refractivity contribution in [1.29, 1.82) is 0 Å². The Morgan fingerprint density at radius 3 is 2.42 bits per heavy atom. The Hall–Kier alpha value is -2.83. The average Bonchev–Trinajstić information content (AvgIpc) is 3.01. The van der Waals surface area contributed by atoms with E-state index in [1.165, 1.54) is 6.07 Å². The summed E-state index contributed by atoms with van der Waals surface area (Å²) in [6.45, 7) is 5.12. The van der Waals surface area contributed by atoms with Crippen LogP contribution in [0.15, 0.2) is 30.3 Å². The molecule has 136 valence electrons. The summed E-state index contributed by atoms with van der Waals surface area (Å²) in [7, 11) is 3.88. The zero-order valence-electron chi connectivity index (χ0n) is 15.3. The van der Waals surface area contributed by atoms with Crippen LogP contribution in [0.5, 0.6) is 0 Å². The second-order valence-electron chi connectivity index (χ2n) is 6.88. The predicted octanol–water partition coefficient (Wildman–Crippen LogP) is 2.80. The minimum atomic E-state index is -0.165. The number of aromatic amines is 1. The molecule has 0 spiro atoms. The first-order chi connectivity index (χ1) is 12.5. The Kier molecular flexibility index (Phi) is 4.14. The van der Waals surface area contributed by atoms with Gasteiger partial charge in [0, 0.05) is 46.0 Å². The summed E-state index contributed by atoms with van der Waals surface area (Å²) in [6.07, 6.45) is 0. The molecule has 3 heterocycles. The third-order valence-electron chi connectivity index (χ3n) is 4.76. The third-order valence-corrected chi connectivity index (χ3v) is 4.76. The summed E-state index contributed by atoms with van der Waals surface area (Å²) in [4.78, 5) is 19.0. The van der Waals surface area contributed by atoms with Crippen molar-refractivity contribution >= 4 is 28.5 Å². The summed E-state index contributed by atoms with van der Waals surface area (Å²) in [6, 6.07) is 9.05. The number of rotatable bonds is 3. The molecule has 0 amide bonds. The van der Waals surface area contributed by atoms with E-state index in [-0.39, 0.29) is 5.82 Å². The van der Waals surface area contributed by atoms with E-state index in [1.54, 1.807) is 6.07 Å². The molecule has 0 radical (unpaired) electrons. The van der Waals surface area contributed by atoms with Crippen molar-refractivity contribution < 1.29 is 4.39 Å². The molecule has 0 unspecified atom stereocenters. The molecule has 1 aliphatic heterocycles. The number of fused-ring (bicyclic) bond motifs is 1. The van der Waals surface area contributed by atoms with Crippen molar-refractivity contribution in [3.63, 3.8) is 0 Å². The van der Waals surface area contributed by atoms with Gasteiger partial charge in [0.1, 0.15) is 17.3 Å². The van der Waals surface area contributed by atoms with Crippen LogP contribution in [0.4, 0.5) is 21.8 Å². The molecule has 6 nitrogen and oxygen atoms in total. The zero-order valence-corrected chi connectivity index (χ0v) is 15.3. The van der Waals surface area contributed by atoms with Crippen molar-refractivity contribution in [1.82, 2.24) is 15.0 Å². The van der Waals surface area contributed by atoms with Gasteiger partial charge in [-0.15, -0.1) is 0 Å². The SMILES string of the molecule is Cc1cc2c(N3CCN(c4ccccc4F)CC3)nc(N(C)C)nc2[nH]1. The minimum Gasteiger partial charge on any atom is -0.366 e. The highest BCUT2D eigenvalue weighted by atomic mass is 19.1. The van der Waals surface area contributed by atoms with Gasteiger partial charge in [-0.3, -0.25) is 0 Å². The average molecular weight is 354 g/mol. The zero-order chi connectivity index (χ0) is 18.3. The highest BCUT2D eigenvalue weighted by Gasteiger charge is 2.23. The number of aryl methyl sites for hydroxylation is 1. The molecule has 7 heteroatoms. The molecule has 4 rings (SSSR count). The smallest absolute Gasteiger partial charge is 0.228 e. The van der Waals surface area contributed by atoms with Crippen molar-refractivity contribution in [3.8, 4) is 0 Å². The molecule has 0 aliphatic carbocycles. The van der Waals surface area contributed by atoms with Crippen LogP contribution < -0.4 is 14.7 Å². The number of aromatic nitrogens is 3. The number of benzene rings is 1. The summed E-state index contributed by atoms with van der Waals surface area (Å²) in [5, 5.41) is 1.03. The van der Waals surface area contributed by atoms with Crippen LogP contribution in [-0.2, 0) is 0 Å². The molecule has 1 fully saturated rings. The number of halogens is 1. The number of piperazine rings is 1. The summed E-state index contributed by atoms with van der Waals surface area (Å²) < 4.78 is 14.1. The Labute approximate surface area is 152 Å². The van der Waals surface area contributed by atoms with Gasteiger partial charge in [0.2, 0.25) is 5.95 Å². The molecule has 26 heavy (non-hydrogen) atoms. The van der Waals surface area contributed by atoms with E-state index < -0.39 is 0 Å². The van der Waals surface area contributed by atoms with Crippen LogP contribution in [0.25, 0.3) is 11.0 Å². The van der Waals surface area contributed by atoms with Crippen LogP contribution in [0.1, 0.15) is 5.69 Å². The van der Waals surface area contributed by atoms with Gasteiger partial charge in [-0.2, -0.15) is 9.97 Å². The number of nitrogens with one attached hydrogen (secondary N) is 1. The standard InChI is InChI=1S/C19H23FN6/c1-13-12-14-17(21-13)22-19(24(2)3)23-18(14)26-10-8-25(9-11-26)16-7-5-4-6-15(16)20/h4-7,12H,8-11H2,1-3H3,(H,21,22,23). The fraction of sp³-hybridized carbons (Fsp3) is 0.368. The van der Waals surface area contributed by atoms with Crippen molar-refractivity contribution in [3.05, 3.63) is 41.8 Å². The number of para-hydroxylation sites is 1. The lowest BCUT2D eigenvalue weighted by molar-refractivity contribution is 0.596. The van der Waals surface area contributed by atoms with E-state index in [2.05, 4.69) is 25.8 Å². The van der Waals surface area contributed by atoms with Crippen LogP contribution in [0.2, 0.25) is 0 Å². The maximum Gasteiger partial charge on any atom is 0.228 e. The molecule has 3 aromatic rings. The number of hydrogen-bond donors (Lipinski definition) is 1. The van der Waals surface area contributed by atoms with Crippen LogP contribution in [0.3, 0.4) is 0 Å². The highest BCUT2D eigenvalue weighted by molar-refractivity contribution is 5.89. The fourth-order valence-corrected chi connectivity index (χ4v) is 3.42. The van der Waals surface area contributed by atoms with E-state index in [0.29, 0.717) is 11.6 Å². The predicted molar refractivity (Wildman–Crippen MR) is 104 cm³/mol. The molecule has 1 saturated heterocycles. The highest BCUT2D eigenvalue weighted by Crippen LogP contribution is 2.29. The molecular weight excluding hydrogens is 331 g/mol. The van der Waals surface area contributed by atoms with Gasteiger partial charge < -0.3 is 19.7 Å². The quantitative estimate of drug-likeness (QED) is 0.784. The largest absolute Gasteiger partial charge is 0.366 e. The van der Waals surface area contributed by atoms with Gasteiger partial charge >= 0.3 is 0 Å². The topological polar surface area (TPSA) is 51.3 Å². The normalized spacial score (nSPS) is 14.9. The van der Waals surface area contributed by atoms with E-state index in [9.17, 15) is 4.39 Å². The molecular formula is C19H23FN6. The lowest BCUT2D eigenvalue weighted by Crippen LogP contribution is -2.47. The first-order valence-corrected chi connectivity index (χ1v) is 8.82. The number of nitrogens with zero attached hydrogens (tertiary/aromatic N) is 5. The summed E-state index contributed by atoms with van der Waals surface area (Å²) in [5.74, 6) is 1.46. The number of hydrogen-bond acceptors (Lipinski definition) is 5. The first-order valence-electron chi connectivity index (χ1n) is 8.82. The van der Waals surface area contributed by atoms with E-state index in [4.69, 9.17) is 4.98 Å². The number of anilines is 3. The maximum atomic E-state index is 14.1. The molecule has 1 aliphatic rings. The third kappa shape index (κ3) is 2.94. The summed E-state index contributed by atoms with van der Waals surface area (Å²) >= 11 is 0. The summed E-state index contributed by atoms with van der Waals surface area (Å²) in [5.41, 5.74) is 2.59. The van der Waals surface area contributed by atoms with Gasteiger partial charge in [0.25, 0.3) is 0 Å². The molecule has 1 N–H and O–H groups in total. The Balaban J connectivity index is 1.62. The Morgan fingerprint density at radius 2 is 1.73 bits per heavy atom. The van der Waals surface area contributed by atoms with Gasteiger partial charge in [0.05, 0.1) is 11.1 Å². The second-order valence-corrected chi connectivity index (χ2v) is 6.88. The monoisotopic (exact) mass is 354 g/mol. The van der Waals surface area contributed by atoms with E-state index >= 15 is 0 Å². The lowest BCUT2D eigenvalue weighted by atomic mass is 10.2. The number of H-pyrrole nitrogens is 1. The van der Waals surface area contributed by atoms with Crippen LogP contribution >= 0.6 is 0 Å². The molecule has 0 saturated carbocycles.